The van der Waals surface area contributed by atoms with Crippen LogP contribution in [0.3, 0.4) is 0 Å². The van der Waals surface area contributed by atoms with Crippen LogP contribution in [-0.2, 0) is 11.2 Å². The zero-order valence-corrected chi connectivity index (χ0v) is 21.1. The molecule has 2 heterocycles. The number of carbonyl (C=O) groups excluding carboxylic acids is 1. The lowest BCUT2D eigenvalue weighted by molar-refractivity contribution is -0.113. The molecule has 0 bridgehead atoms. The van der Waals surface area contributed by atoms with Crippen molar-refractivity contribution in [2.75, 3.05) is 24.3 Å². The van der Waals surface area contributed by atoms with Crippen LogP contribution < -0.4 is 26.0 Å². The zero-order chi connectivity index (χ0) is 26.2. The quantitative estimate of drug-likeness (QED) is 0.255. The number of amides is 1. The molecule has 4 aromatic rings. The first-order valence-corrected chi connectivity index (χ1v) is 12.6. The fraction of sp³-hybridized carbons (Fsp3) is 0.240. The molecular formula is C25H26N6O5S. The van der Waals surface area contributed by atoms with E-state index in [0.29, 0.717) is 47.1 Å². The summed E-state index contributed by atoms with van der Waals surface area (Å²) in [5, 5.41) is 11.9. The molecule has 37 heavy (non-hydrogen) atoms. The van der Waals surface area contributed by atoms with Gasteiger partial charge in [-0.15, -0.1) is 10.2 Å². The summed E-state index contributed by atoms with van der Waals surface area (Å²) in [4.78, 5) is 41.0. The molecule has 0 aliphatic rings. The Kier molecular flexibility index (Phi) is 8.41. The molecule has 0 aliphatic carbocycles. The van der Waals surface area contributed by atoms with Crippen molar-refractivity contribution in [3.8, 4) is 17.2 Å². The Morgan fingerprint density at radius 3 is 2.49 bits per heavy atom. The van der Waals surface area contributed by atoms with Crippen LogP contribution in [0.5, 0.6) is 11.5 Å². The summed E-state index contributed by atoms with van der Waals surface area (Å²) >= 11 is 1.21. The number of nitrogens with zero attached hydrogens (tertiary/aromatic N) is 3. The van der Waals surface area contributed by atoms with Gasteiger partial charge in [0.25, 0.3) is 5.56 Å². The average molecular weight is 523 g/mol. The third kappa shape index (κ3) is 6.67. The number of carbonyl (C=O) groups is 1. The van der Waals surface area contributed by atoms with Crippen LogP contribution in [0.2, 0.25) is 0 Å². The molecule has 2 aromatic heterocycles. The van der Waals surface area contributed by atoms with Gasteiger partial charge in [-0.1, -0.05) is 23.9 Å². The van der Waals surface area contributed by atoms with E-state index in [0.717, 1.165) is 5.69 Å². The van der Waals surface area contributed by atoms with Crippen LogP contribution >= 0.6 is 11.8 Å². The maximum atomic E-state index is 12.7. The van der Waals surface area contributed by atoms with Gasteiger partial charge in [-0.3, -0.25) is 19.1 Å². The molecule has 0 spiro atoms. The van der Waals surface area contributed by atoms with Crippen molar-refractivity contribution < 1.29 is 14.3 Å². The lowest BCUT2D eigenvalue weighted by Crippen LogP contribution is -2.23. The number of ether oxygens (including phenoxy) is 2. The van der Waals surface area contributed by atoms with Crippen LogP contribution in [0, 0.1) is 0 Å². The summed E-state index contributed by atoms with van der Waals surface area (Å²) in [6.07, 6.45) is 0.147. The Balaban J connectivity index is 1.58. The highest BCUT2D eigenvalue weighted by Crippen LogP contribution is 2.27. The highest BCUT2D eigenvalue weighted by Gasteiger charge is 2.18. The molecule has 11 nitrogen and oxygen atoms in total. The topological polar surface area (TPSA) is 144 Å². The van der Waals surface area contributed by atoms with Crippen LogP contribution in [-0.4, -0.2) is 49.6 Å². The van der Waals surface area contributed by atoms with Gasteiger partial charge < -0.3 is 19.8 Å². The first-order chi connectivity index (χ1) is 18.0. The molecule has 4 rings (SSSR count). The third-order valence-corrected chi connectivity index (χ3v) is 5.99. The fourth-order valence-corrected chi connectivity index (χ4v) is 4.35. The van der Waals surface area contributed by atoms with Gasteiger partial charge in [0.05, 0.1) is 24.7 Å². The van der Waals surface area contributed by atoms with Crippen molar-refractivity contribution in [2.45, 2.75) is 25.4 Å². The normalized spacial score (nSPS) is 10.8. The van der Waals surface area contributed by atoms with Crippen molar-refractivity contribution in [3.63, 3.8) is 0 Å². The Morgan fingerprint density at radius 2 is 1.76 bits per heavy atom. The van der Waals surface area contributed by atoms with Crippen molar-refractivity contribution in [1.82, 2.24) is 24.7 Å². The average Bonchev–Trinajstić information content (AvgIpc) is 3.26. The van der Waals surface area contributed by atoms with Gasteiger partial charge in [0, 0.05) is 23.9 Å². The molecule has 192 valence electrons. The molecule has 0 atom stereocenters. The lowest BCUT2D eigenvalue weighted by atomic mass is 10.2. The summed E-state index contributed by atoms with van der Waals surface area (Å²) in [6, 6.07) is 15.9. The predicted octanol–water partition coefficient (Wildman–Crippen LogP) is 2.76. The number of hydrogen-bond donors (Lipinski definition) is 3. The van der Waals surface area contributed by atoms with Gasteiger partial charge in [0.2, 0.25) is 5.91 Å². The largest absolute Gasteiger partial charge is 0.494 e. The number of aromatic amines is 2. The summed E-state index contributed by atoms with van der Waals surface area (Å²) < 4.78 is 12.9. The molecule has 1 amide bonds. The molecule has 0 fully saturated rings. The molecule has 0 aliphatic heterocycles. The van der Waals surface area contributed by atoms with Gasteiger partial charge in [0.15, 0.2) is 5.16 Å². The van der Waals surface area contributed by atoms with Gasteiger partial charge in [-0.2, -0.15) is 0 Å². The Labute approximate surface area is 216 Å². The molecule has 0 saturated carbocycles. The minimum absolute atomic E-state index is 0.0669. The summed E-state index contributed by atoms with van der Waals surface area (Å²) in [5.74, 6) is 1.61. The number of H-pyrrole nitrogens is 2. The number of benzene rings is 2. The number of para-hydroxylation sites is 2. The van der Waals surface area contributed by atoms with E-state index in [1.165, 1.54) is 17.8 Å². The number of anilines is 1. The Hall–Kier alpha value is -4.32. The first-order valence-electron chi connectivity index (χ1n) is 11.6. The van der Waals surface area contributed by atoms with Crippen LogP contribution in [0.4, 0.5) is 5.69 Å². The van der Waals surface area contributed by atoms with Crippen molar-refractivity contribution >= 4 is 23.4 Å². The smallest absolute Gasteiger partial charge is 0.325 e. The fourth-order valence-electron chi connectivity index (χ4n) is 3.58. The molecule has 2 aromatic carbocycles. The molecule has 12 heteroatoms. The van der Waals surface area contributed by atoms with E-state index in [1.54, 1.807) is 16.7 Å². The highest BCUT2D eigenvalue weighted by molar-refractivity contribution is 7.99. The van der Waals surface area contributed by atoms with E-state index >= 15 is 0 Å². The minimum Gasteiger partial charge on any atom is -0.494 e. The maximum absolute atomic E-state index is 12.7. The zero-order valence-electron chi connectivity index (χ0n) is 20.3. The molecule has 0 unspecified atom stereocenters. The number of nitrogens with one attached hydrogen (secondary N) is 3. The first kappa shape index (κ1) is 25.8. The summed E-state index contributed by atoms with van der Waals surface area (Å²) in [7, 11) is 0. The maximum Gasteiger partial charge on any atom is 0.325 e. The molecule has 0 radical (unpaired) electrons. The Bertz CT molecular complexity index is 1450. The molecule has 3 N–H and O–H groups in total. The minimum atomic E-state index is -0.603. The second-order valence-electron chi connectivity index (χ2n) is 7.72. The number of hydrogen-bond acceptors (Lipinski definition) is 8. The molecule has 0 saturated heterocycles. The van der Waals surface area contributed by atoms with Gasteiger partial charge in [-0.05, 0) is 50.2 Å². The summed E-state index contributed by atoms with van der Waals surface area (Å²) in [5.41, 5.74) is 0.593. The van der Waals surface area contributed by atoms with Gasteiger partial charge in [-0.25, -0.2) is 4.79 Å². The Morgan fingerprint density at radius 1 is 1.00 bits per heavy atom. The second-order valence-corrected chi connectivity index (χ2v) is 8.66. The van der Waals surface area contributed by atoms with E-state index in [-0.39, 0.29) is 18.1 Å². The number of rotatable bonds is 11. The van der Waals surface area contributed by atoms with Crippen molar-refractivity contribution in [2.24, 2.45) is 0 Å². The highest BCUT2D eigenvalue weighted by atomic mass is 32.2. The standard InChI is InChI=1S/C25H26N6O5S/c1-3-35-18-11-9-17(10-12-18)31-21(13-16-14-22(32)28-24(34)26-16)29-30-25(31)37-15-23(33)27-19-7-5-6-8-20(19)36-4-2/h5-12,14H,3-4,13,15H2,1-2H3,(H,27,33)(H2,26,28,32,34). The predicted molar refractivity (Wildman–Crippen MR) is 140 cm³/mol. The van der Waals surface area contributed by atoms with Gasteiger partial charge >= 0.3 is 5.69 Å². The van der Waals surface area contributed by atoms with Crippen LogP contribution in [0.1, 0.15) is 25.4 Å². The lowest BCUT2D eigenvalue weighted by Gasteiger charge is -2.12. The number of thioether (sulfide) groups is 1. The van der Waals surface area contributed by atoms with Crippen molar-refractivity contribution in [1.29, 1.82) is 0 Å². The third-order valence-electron chi connectivity index (χ3n) is 5.06. The van der Waals surface area contributed by atoms with Gasteiger partial charge in [0.1, 0.15) is 17.3 Å². The SMILES string of the molecule is CCOc1ccc(-n2c(Cc3cc(=O)[nH]c(=O)[nH]3)nnc2SCC(=O)Nc2ccccc2OCC)cc1. The van der Waals surface area contributed by atoms with E-state index in [1.807, 2.05) is 50.2 Å². The second kappa shape index (κ2) is 12.1. The van der Waals surface area contributed by atoms with E-state index in [9.17, 15) is 14.4 Å². The molecular weight excluding hydrogens is 496 g/mol. The van der Waals surface area contributed by atoms with Crippen LogP contribution in [0.25, 0.3) is 5.69 Å². The number of aromatic nitrogens is 5. The monoisotopic (exact) mass is 522 g/mol. The summed E-state index contributed by atoms with van der Waals surface area (Å²) in [6.45, 7) is 4.80. The van der Waals surface area contributed by atoms with E-state index in [2.05, 4.69) is 25.5 Å². The van der Waals surface area contributed by atoms with E-state index < -0.39 is 11.2 Å². The van der Waals surface area contributed by atoms with Crippen molar-refractivity contribution in [3.05, 3.63) is 87.0 Å². The van der Waals surface area contributed by atoms with Crippen LogP contribution in [0.15, 0.2) is 69.3 Å². The van der Waals surface area contributed by atoms with E-state index in [4.69, 9.17) is 9.47 Å².